The molecule has 1 aliphatic heterocycles. The number of aryl methyl sites for hydroxylation is 1. The largest absolute Gasteiger partial charge is 0.361 e. The molecule has 0 saturated carbocycles. The lowest BCUT2D eigenvalue weighted by molar-refractivity contribution is -0.134. The lowest BCUT2D eigenvalue weighted by atomic mass is 10.2. The molecule has 8 heteroatoms. The summed E-state index contributed by atoms with van der Waals surface area (Å²) >= 11 is 12.0. The SMILES string of the molecule is Cc1cc(CN2CCN(C(=O)CN(C)Cc3ccc(Cl)c(Cl)c3)CC2)no1. The molecule has 1 saturated heterocycles. The van der Waals surface area contributed by atoms with Gasteiger partial charge in [-0.15, -0.1) is 0 Å². The van der Waals surface area contributed by atoms with Crippen LogP contribution < -0.4 is 0 Å². The van der Waals surface area contributed by atoms with Crippen LogP contribution in [0.1, 0.15) is 17.0 Å². The van der Waals surface area contributed by atoms with Crippen LogP contribution in [0.25, 0.3) is 0 Å². The first-order valence-corrected chi connectivity index (χ1v) is 9.71. The lowest BCUT2D eigenvalue weighted by Crippen LogP contribution is -2.50. The van der Waals surface area contributed by atoms with E-state index in [0.29, 0.717) is 23.1 Å². The third-order valence-electron chi connectivity index (χ3n) is 4.63. The zero-order valence-corrected chi connectivity index (χ0v) is 17.1. The van der Waals surface area contributed by atoms with E-state index in [1.54, 1.807) is 6.07 Å². The van der Waals surface area contributed by atoms with E-state index < -0.39 is 0 Å². The maximum atomic E-state index is 12.6. The molecule has 0 radical (unpaired) electrons. The Morgan fingerprint density at radius 3 is 2.56 bits per heavy atom. The van der Waals surface area contributed by atoms with E-state index in [9.17, 15) is 4.79 Å². The molecule has 3 rings (SSSR count). The predicted molar refractivity (Wildman–Crippen MR) is 106 cm³/mol. The molecule has 146 valence electrons. The van der Waals surface area contributed by atoms with Crippen molar-refractivity contribution in [1.82, 2.24) is 19.9 Å². The van der Waals surface area contributed by atoms with Gasteiger partial charge in [0.2, 0.25) is 5.91 Å². The van der Waals surface area contributed by atoms with E-state index in [1.165, 1.54) is 0 Å². The fourth-order valence-corrected chi connectivity index (χ4v) is 3.53. The molecular weight excluding hydrogens is 387 g/mol. The number of piperazine rings is 1. The molecule has 1 aliphatic rings. The molecule has 27 heavy (non-hydrogen) atoms. The molecule has 1 aromatic carbocycles. The van der Waals surface area contributed by atoms with E-state index in [-0.39, 0.29) is 5.91 Å². The second-order valence-electron chi connectivity index (χ2n) is 7.01. The minimum absolute atomic E-state index is 0.148. The van der Waals surface area contributed by atoms with Crippen LogP contribution in [0.3, 0.4) is 0 Å². The molecule has 2 aromatic rings. The molecule has 0 aliphatic carbocycles. The van der Waals surface area contributed by atoms with Gasteiger partial charge in [0.1, 0.15) is 5.76 Å². The number of rotatable bonds is 6. The van der Waals surface area contributed by atoms with Crippen molar-refractivity contribution in [2.45, 2.75) is 20.0 Å². The minimum atomic E-state index is 0.148. The zero-order chi connectivity index (χ0) is 19.4. The van der Waals surface area contributed by atoms with Crippen LogP contribution in [0.4, 0.5) is 0 Å². The second kappa shape index (κ2) is 9.06. The van der Waals surface area contributed by atoms with Crippen molar-refractivity contribution in [2.75, 3.05) is 39.8 Å². The van der Waals surface area contributed by atoms with E-state index in [0.717, 1.165) is 49.7 Å². The summed E-state index contributed by atoms with van der Waals surface area (Å²) in [5.41, 5.74) is 1.97. The molecule has 1 amide bonds. The monoisotopic (exact) mass is 410 g/mol. The van der Waals surface area contributed by atoms with Crippen molar-refractivity contribution in [3.05, 3.63) is 51.3 Å². The summed E-state index contributed by atoms with van der Waals surface area (Å²) in [6, 6.07) is 7.51. The van der Waals surface area contributed by atoms with Crippen LogP contribution >= 0.6 is 23.2 Å². The van der Waals surface area contributed by atoms with Gasteiger partial charge in [-0.1, -0.05) is 34.4 Å². The van der Waals surface area contributed by atoms with Gasteiger partial charge in [0.25, 0.3) is 0 Å². The summed E-state index contributed by atoms with van der Waals surface area (Å²) < 4.78 is 5.11. The summed E-state index contributed by atoms with van der Waals surface area (Å²) in [4.78, 5) is 18.8. The highest BCUT2D eigenvalue weighted by Crippen LogP contribution is 2.23. The van der Waals surface area contributed by atoms with E-state index >= 15 is 0 Å². The van der Waals surface area contributed by atoms with E-state index in [2.05, 4.69) is 10.1 Å². The number of nitrogens with zero attached hydrogens (tertiary/aromatic N) is 4. The molecule has 0 N–H and O–H groups in total. The number of amides is 1. The van der Waals surface area contributed by atoms with Crippen LogP contribution in [-0.2, 0) is 17.9 Å². The third-order valence-corrected chi connectivity index (χ3v) is 5.37. The van der Waals surface area contributed by atoms with Gasteiger partial charge < -0.3 is 9.42 Å². The zero-order valence-electron chi connectivity index (χ0n) is 15.6. The number of aromatic nitrogens is 1. The average molecular weight is 411 g/mol. The molecule has 0 unspecified atom stereocenters. The maximum Gasteiger partial charge on any atom is 0.236 e. The first kappa shape index (κ1) is 20.1. The first-order chi connectivity index (χ1) is 12.9. The molecule has 1 fully saturated rings. The fourth-order valence-electron chi connectivity index (χ4n) is 3.21. The Morgan fingerprint density at radius 2 is 1.93 bits per heavy atom. The van der Waals surface area contributed by atoms with Gasteiger partial charge in [-0.2, -0.15) is 0 Å². The van der Waals surface area contributed by atoms with Crippen LogP contribution in [0.15, 0.2) is 28.8 Å². The van der Waals surface area contributed by atoms with Crippen molar-refractivity contribution in [1.29, 1.82) is 0 Å². The average Bonchev–Trinajstić information content (AvgIpc) is 3.03. The van der Waals surface area contributed by atoms with Crippen molar-refractivity contribution >= 4 is 29.1 Å². The number of likely N-dealkylation sites (N-methyl/N-ethyl adjacent to an activating group) is 1. The third kappa shape index (κ3) is 5.69. The van der Waals surface area contributed by atoms with Gasteiger partial charge in [-0.25, -0.2) is 0 Å². The Balaban J connectivity index is 1.43. The van der Waals surface area contributed by atoms with Gasteiger partial charge in [-0.3, -0.25) is 14.6 Å². The van der Waals surface area contributed by atoms with Crippen LogP contribution in [0, 0.1) is 6.92 Å². The summed E-state index contributed by atoms with van der Waals surface area (Å²) in [5.74, 6) is 0.971. The maximum absolute atomic E-state index is 12.6. The summed E-state index contributed by atoms with van der Waals surface area (Å²) in [6.45, 7) is 6.82. The topological polar surface area (TPSA) is 52.8 Å². The highest BCUT2D eigenvalue weighted by atomic mass is 35.5. The van der Waals surface area contributed by atoms with Crippen molar-refractivity contribution in [2.24, 2.45) is 0 Å². The first-order valence-electron chi connectivity index (χ1n) is 8.95. The van der Waals surface area contributed by atoms with Gasteiger partial charge in [0.05, 0.1) is 22.3 Å². The number of hydrogen-bond donors (Lipinski definition) is 0. The van der Waals surface area contributed by atoms with Crippen LogP contribution in [0.2, 0.25) is 10.0 Å². The Kier molecular flexibility index (Phi) is 6.76. The molecule has 1 aromatic heterocycles. The summed E-state index contributed by atoms with van der Waals surface area (Å²) in [5, 5.41) is 5.11. The van der Waals surface area contributed by atoms with Gasteiger partial charge in [-0.05, 0) is 31.7 Å². The normalized spacial score (nSPS) is 15.5. The summed E-state index contributed by atoms with van der Waals surface area (Å²) in [7, 11) is 1.93. The molecular formula is C19H24Cl2N4O2. The van der Waals surface area contributed by atoms with Gasteiger partial charge >= 0.3 is 0 Å². The number of carbonyl (C=O) groups is 1. The number of benzene rings is 1. The Hall–Kier alpha value is -1.60. The summed E-state index contributed by atoms with van der Waals surface area (Å²) in [6.07, 6.45) is 0. The van der Waals surface area contributed by atoms with Crippen molar-refractivity contribution < 1.29 is 9.32 Å². The standard InChI is InChI=1S/C19H24Cl2N4O2/c1-14-9-16(22-27-14)12-24-5-7-25(8-6-24)19(26)13-23(2)11-15-3-4-17(20)18(21)10-15/h3-4,9-10H,5-8,11-13H2,1-2H3. The van der Waals surface area contributed by atoms with Crippen LogP contribution in [-0.4, -0.2) is 65.5 Å². The lowest BCUT2D eigenvalue weighted by Gasteiger charge is -2.35. The van der Waals surface area contributed by atoms with E-state index in [1.807, 2.05) is 42.0 Å². The fraction of sp³-hybridized carbons (Fsp3) is 0.474. The van der Waals surface area contributed by atoms with Crippen molar-refractivity contribution in [3.8, 4) is 0 Å². The Morgan fingerprint density at radius 1 is 1.19 bits per heavy atom. The number of carbonyl (C=O) groups excluding carboxylic acids is 1. The van der Waals surface area contributed by atoms with Gasteiger partial charge in [0.15, 0.2) is 0 Å². The Bertz CT molecular complexity index is 788. The highest BCUT2D eigenvalue weighted by molar-refractivity contribution is 6.42. The quantitative estimate of drug-likeness (QED) is 0.732. The molecule has 0 atom stereocenters. The predicted octanol–water partition coefficient (Wildman–Crippen LogP) is 3.07. The Labute approximate surface area is 169 Å². The smallest absolute Gasteiger partial charge is 0.236 e. The molecule has 0 spiro atoms. The molecule has 0 bridgehead atoms. The van der Waals surface area contributed by atoms with E-state index in [4.69, 9.17) is 27.7 Å². The highest BCUT2D eigenvalue weighted by Gasteiger charge is 2.22. The number of halogens is 2. The molecule has 6 nitrogen and oxygen atoms in total. The number of hydrogen-bond acceptors (Lipinski definition) is 5. The van der Waals surface area contributed by atoms with Gasteiger partial charge in [0, 0.05) is 45.3 Å². The second-order valence-corrected chi connectivity index (χ2v) is 7.82. The molecule has 2 heterocycles. The van der Waals surface area contributed by atoms with Crippen molar-refractivity contribution in [3.63, 3.8) is 0 Å². The minimum Gasteiger partial charge on any atom is -0.361 e. The van der Waals surface area contributed by atoms with Crippen LogP contribution in [0.5, 0.6) is 0 Å².